The van der Waals surface area contributed by atoms with Gasteiger partial charge in [-0.25, -0.2) is 9.97 Å². The number of anilines is 1. The third kappa shape index (κ3) is 3.32. The zero-order valence-corrected chi connectivity index (χ0v) is 16.7. The first-order chi connectivity index (χ1) is 13.9. The van der Waals surface area contributed by atoms with E-state index in [0.717, 1.165) is 41.6 Å². The maximum atomic E-state index is 13.9. The van der Waals surface area contributed by atoms with Crippen LogP contribution in [0, 0.1) is 0 Å². The van der Waals surface area contributed by atoms with E-state index in [4.69, 9.17) is 15.5 Å². The van der Waals surface area contributed by atoms with Crippen LogP contribution in [0.15, 0.2) is 23.7 Å². The average molecular weight is 437 g/mol. The van der Waals surface area contributed by atoms with Crippen molar-refractivity contribution in [2.24, 2.45) is 5.73 Å². The molecule has 0 radical (unpaired) electrons. The average Bonchev–Trinajstić information content (AvgIpc) is 3.42. The Morgan fingerprint density at radius 1 is 1.31 bits per heavy atom. The molecule has 0 aliphatic carbocycles. The Morgan fingerprint density at radius 2 is 2.07 bits per heavy atom. The van der Waals surface area contributed by atoms with Crippen LogP contribution in [-0.2, 0) is 4.79 Å². The van der Waals surface area contributed by atoms with Gasteiger partial charge in [0.15, 0.2) is 5.13 Å². The molecule has 0 saturated carbocycles. The normalized spacial score (nSPS) is 21.7. The van der Waals surface area contributed by atoms with Gasteiger partial charge in [-0.05, 0) is 25.0 Å². The highest BCUT2D eigenvalue weighted by molar-refractivity contribution is 7.22. The molecule has 2 aliphatic heterocycles. The van der Waals surface area contributed by atoms with Gasteiger partial charge in [-0.1, -0.05) is 11.3 Å². The standard InChI is InChI=1S/C18H17F2N5O2S2/c19-18(20,16(21)26)27-12-4-3-11(15-22-5-6-28-15)13-14(12)29-17(24-13)25-7-9-1-2-10(8-25)23-9/h3-6,9-10,23H,1-2,7-8H2,(H2,21,26). The molecule has 152 valence electrons. The molecule has 4 heterocycles. The summed E-state index contributed by atoms with van der Waals surface area (Å²) < 4.78 is 32.9. The number of amides is 1. The number of nitrogens with zero attached hydrogens (tertiary/aromatic N) is 3. The molecule has 0 spiro atoms. The highest BCUT2D eigenvalue weighted by Gasteiger charge is 2.41. The number of nitrogens with two attached hydrogens (primary N) is 1. The fraction of sp³-hybridized carbons (Fsp3) is 0.389. The van der Waals surface area contributed by atoms with E-state index in [1.807, 2.05) is 5.38 Å². The second kappa shape index (κ2) is 6.85. The number of carbonyl (C=O) groups excluding carboxylic acids is 1. The summed E-state index contributed by atoms with van der Waals surface area (Å²) in [4.78, 5) is 22.3. The number of primary amides is 1. The van der Waals surface area contributed by atoms with Gasteiger partial charge in [-0.15, -0.1) is 11.3 Å². The second-order valence-corrected chi connectivity index (χ2v) is 9.02. The first-order valence-electron chi connectivity index (χ1n) is 9.12. The summed E-state index contributed by atoms with van der Waals surface area (Å²) in [5.74, 6) is -1.95. The van der Waals surface area contributed by atoms with Gasteiger partial charge in [0.05, 0.1) is 10.2 Å². The van der Waals surface area contributed by atoms with Crippen molar-refractivity contribution in [3.63, 3.8) is 0 Å². The lowest BCUT2D eigenvalue weighted by Gasteiger charge is -2.32. The number of nitrogens with one attached hydrogen (secondary N) is 1. The number of hydrogen-bond donors (Lipinski definition) is 2. The van der Waals surface area contributed by atoms with Crippen LogP contribution in [0.2, 0.25) is 0 Å². The van der Waals surface area contributed by atoms with Gasteiger partial charge in [0.2, 0.25) is 0 Å². The minimum Gasteiger partial charge on any atom is -0.424 e. The van der Waals surface area contributed by atoms with Gasteiger partial charge >= 0.3 is 12.0 Å². The fourth-order valence-electron chi connectivity index (χ4n) is 3.86. The van der Waals surface area contributed by atoms with Crippen molar-refractivity contribution in [1.82, 2.24) is 15.3 Å². The maximum absolute atomic E-state index is 13.9. The van der Waals surface area contributed by atoms with E-state index >= 15 is 0 Å². The number of ether oxygens (including phenoxy) is 1. The van der Waals surface area contributed by atoms with E-state index in [1.165, 1.54) is 28.7 Å². The molecule has 11 heteroatoms. The predicted molar refractivity (Wildman–Crippen MR) is 108 cm³/mol. The van der Waals surface area contributed by atoms with E-state index in [0.29, 0.717) is 22.3 Å². The molecule has 3 aromatic rings. The number of alkyl halides is 2. The highest BCUT2D eigenvalue weighted by atomic mass is 32.1. The van der Waals surface area contributed by atoms with Gasteiger partial charge in [-0.2, -0.15) is 8.78 Å². The molecule has 1 aromatic carbocycles. The molecule has 2 saturated heterocycles. The van der Waals surface area contributed by atoms with Gasteiger partial charge in [0.1, 0.15) is 10.8 Å². The lowest BCUT2D eigenvalue weighted by molar-refractivity contribution is -0.188. The van der Waals surface area contributed by atoms with Crippen molar-refractivity contribution in [3.05, 3.63) is 23.7 Å². The van der Waals surface area contributed by atoms with Crippen LogP contribution in [0.1, 0.15) is 12.8 Å². The van der Waals surface area contributed by atoms with E-state index in [1.54, 1.807) is 12.3 Å². The van der Waals surface area contributed by atoms with Crippen molar-refractivity contribution < 1.29 is 18.3 Å². The molecule has 3 N–H and O–H groups in total. The first kappa shape index (κ1) is 18.6. The Bertz CT molecular complexity index is 1060. The maximum Gasteiger partial charge on any atom is 0.482 e. The van der Waals surface area contributed by atoms with Crippen molar-refractivity contribution in [3.8, 4) is 16.3 Å². The summed E-state index contributed by atoms with van der Waals surface area (Å²) in [5.41, 5.74) is 6.05. The SMILES string of the molecule is NC(=O)C(F)(F)Oc1ccc(-c2nccs2)c2nc(N3CC4CCC(C3)N4)sc12. The number of aromatic nitrogens is 2. The van der Waals surface area contributed by atoms with Crippen LogP contribution < -0.4 is 20.7 Å². The molecular formula is C18H17F2N5O2S2. The minimum absolute atomic E-state index is 0.119. The zero-order valence-electron chi connectivity index (χ0n) is 15.1. The molecule has 2 aromatic heterocycles. The minimum atomic E-state index is -4.10. The molecule has 2 unspecified atom stereocenters. The lowest BCUT2D eigenvalue weighted by Crippen LogP contribution is -2.51. The third-order valence-corrected chi connectivity index (χ3v) is 7.11. The second-order valence-electron chi connectivity index (χ2n) is 7.15. The number of carbonyl (C=O) groups is 1. The van der Waals surface area contributed by atoms with Crippen molar-refractivity contribution in [1.29, 1.82) is 0 Å². The smallest absolute Gasteiger partial charge is 0.424 e. The number of piperazine rings is 1. The summed E-state index contributed by atoms with van der Waals surface area (Å²) in [6.45, 7) is 1.63. The topological polar surface area (TPSA) is 93.4 Å². The van der Waals surface area contributed by atoms with Crippen molar-refractivity contribution >= 4 is 43.9 Å². The van der Waals surface area contributed by atoms with E-state index < -0.39 is 12.0 Å². The first-order valence-corrected chi connectivity index (χ1v) is 10.8. The number of hydrogen-bond acceptors (Lipinski definition) is 8. The predicted octanol–water partition coefficient (Wildman–Crippen LogP) is 2.82. The summed E-state index contributed by atoms with van der Waals surface area (Å²) >= 11 is 2.72. The Hall–Kier alpha value is -2.37. The number of fused-ring (bicyclic) bond motifs is 3. The van der Waals surface area contributed by atoms with Crippen LogP contribution in [0.25, 0.3) is 20.8 Å². The number of rotatable bonds is 5. The Morgan fingerprint density at radius 3 is 2.72 bits per heavy atom. The van der Waals surface area contributed by atoms with Crippen LogP contribution in [0.3, 0.4) is 0 Å². The summed E-state index contributed by atoms with van der Waals surface area (Å²) in [6, 6.07) is 3.88. The largest absolute Gasteiger partial charge is 0.482 e. The van der Waals surface area contributed by atoms with Gasteiger partial charge in [0.25, 0.3) is 0 Å². The van der Waals surface area contributed by atoms with Gasteiger partial charge < -0.3 is 20.7 Å². The summed E-state index contributed by atoms with van der Waals surface area (Å²) in [7, 11) is 0. The van der Waals surface area contributed by atoms with Gasteiger partial charge in [-0.3, -0.25) is 4.79 Å². The zero-order chi connectivity index (χ0) is 20.2. The lowest BCUT2D eigenvalue weighted by atomic mass is 10.2. The highest BCUT2D eigenvalue weighted by Crippen LogP contribution is 2.43. The molecule has 2 bridgehead atoms. The van der Waals surface area contributed by atoms with Gasteiger partial charge in [0, 0.05) is 42.3 Å². The number of thiazole rings is 2. The number of benzene rings is 1. The monoisotopic (exact) mass is 437 g/mol. The quantitative estimate of drug-likeness (QED) is 0.638. The molecule has 2 aliphatic rings. The van der Waals surface area contributed by atoms with Crippen molar-refractivity contribution in [2.45, 2.75) is 31.0 Å². The van der Waals surface area contributed by atoms with Crippen LogP contribution >= 0.6 is 22.7 Å². The Labute approximate surface area is 172 Å². The van der Waals surface area contributed by atoms with Crippen LogP contribution in [-0.4, -0.2) is 47.2 Å². The molecule has 2 atom stereocenters. The Kier molecular flexibility index (Phi) is 4.41. The molecule has 7 nitrogen and oxygen atoms in total. The van der Waals surface area contributed by atoms with Crippen LogP contribution in [0.4, 0.5) is 13.9 Å². The summed E-state index contributed by atoms with van der Waals surface area (Å²) in [5, 5.41) is 6.89. The van der Waals surface area contributed by atoms with Crippen LogP contribution in [0.5, 0.6) is 5.75 Å². The molecule has 1 amide bonds. The number of halogens is 2. The third-order valence-electron chi connectivity index (χ3n) is 5.17. The van der Waals surface area contributed by atoms with E-state index in [9.17, 15) is 13.6 Å². The van der Waals surface area contributed by atoms with Crippen molar-refractivity contribution in [2.75, 3.05) is 18.0 Å². The fourth-order valence-corrected chi connectivity index (χ4v) is 5.58. The van der Waals surface area contributed by atoms with E-state index in [2.05, 4.69) is 15.2 Å². The van der Waals surface area contributed by atoms with E-state index in [-0.39, 0.29) is 5.75 Å². The molecule has 29 heavy (non-hydrogen) atoms. The molecule has 5 rings (SSSR count). The molecule has 2 fully saturated rings. The Balaban J connectivity index is 1.60. The molecular weight excluding hydrogens is 420 g/mol. The summed E-state index contributed by atoms with van der Waals surface area (Å²) in [6.07, 6.45) is -0.183.